The first kappa shape index (κ1) is 20.9. The number of anilines is 1. The average molecular weight is 411 g/mol. The topological polar surface area (TPSA) is 92.8 Å². The summed E-state index contributed by atoms with van der Waals surface area (Å²) in [6, 6.07) is 11.7. The standard InChI is InChI=1S/C18H19ClN2O5S/c1-21(27(3,24)25)16(12-7-5-4-6-8-12)17(22)20-13-9-10-15(19)14(11-13)18(23)26-2/h4-11,16H,1-3H3,(H,20,22)/t16-/m0/s1. The van der Waals surface area contributed by atoms with Gasteiger partial charge in [0.1, 0.15) is 6.04 Å². The number of methoxy groups -OCH3 is 1. The van der Waals surface area contributed by atoms with Crippen molar-refractivity contribution < 1.29 is 22.7 Å². The largest absolute Gasteiger partial charge is 0.465 e. The molecule has 0 spiro atoms. The lowest BCUT2D eigenvalue weighted by Crippen LogP contribution is -2.38. The van der Waals surface area contributed by atoms with Crippen LogP contribution in [0.15, 0.2) is 48.5 Å². The molecule has 0 heterocycles. The van der Waals surface area contributed by atoms with Crippen molar-refractivity contribution in [3.05, 3.63) is 64.7 Å². The van der Waals surface area contributed by atoms with Gasteiger partial charge in [0.25, 0.3) is 0 Å². The number of nitrogens with zero attached hydrogens (tertiary/aromatic N) is 1. The molecule has 2 aromatic carbocycles. The molecule has 0 bridgehead atoms. The van der Waals surface area contributed by atoms with Crippen LogP contribution in [0.4, 0.5) is 5.69 Å². The molecule has 0 fully saturated rings. The first-order valence-electron chi connectivity index (χ1n) is 7.82. The predicted octanol–water partition coefficient (Wildman–Crippen LogP) is 2.70. The molecule has 0 unspecified atom stereocenters. The highest BCUT2D eigenvalue weighted by Crippen LogP contribution is 2.26. The molecule has 1 amide bonds. The number of esters is 1. The number of carbonyl (C=O) groups is 2. The molecular weight excluding hydrogens is 392 g/mol. The summed E-state index contributed by atoms with van der Waals surface area (Å²) in [5, 5.41) is 2.80. The van der Waals surface area contributed by atoms with Crippen molar-refractivity contribution in [3.8, 4) is 0 Å². The predicted molar refractivity (Wildman–Crippen MR) is 103 cm³/mol. The summed E-state index contributed by atoms with van der Waals surface area (Å²) >= 11 is 5.97. The van der Waals surface area contributed by atoms with Crippen molar-refractivity contribution in [1.82, 2.24) is 4.31 Å². The SMILES string of the molecule is COC(=O)c1cc(NC(=O)[C@H](c2ccccc2)N(C)S(C)(=O)=O)ccc1Cl. The zero-order valence-corrected chi connectivity index (χ0v) is 16.5. The van der Waals surface area contributed by atoms with E-state index < -0.39 is 27.9 Å². The van der Waals surface area contributed by atoms with Gasteiger partial charge in [0.2, 0.25) is 15.9 Å². The van der Waals surface area contributed by atoms with Crippen molar-refractivity contribution in [2.75, 3.05) is 25.7 Å². The Kier molecular flexibility index (Phi) is 6.59. The summed E-state index contributed by atoms with van der Waals surface area (Å²) in [6.45, 7) is 0. The Morgan fingerprint density at radius 3 is 2.33 bits per heavy atom. The summed E-state index contributed by atoms with van der Waals surface area (Å²) in [5.74, 6) is -1.23. The van der Waals surface area contributed by atoms with Crippen LogP contribution in [0.25, 0.3) is 0 Å². The minimum atomic E-state index is -3.64. The number of carbonyl (C=O) groups excluding carboxylic acids is 2. The van der Waals surface area contributed by atoms with E-state index in [4.69, 9.17) is 11.6 Å². The van der Waals surface area contributed by atoms with Gasteiger partial charge < -0.3 is 10.1 Å². The van der Waals surface area contributed by atoms with E-state index in [0.717, 1.165) is 10.6 Å². The van der Waals surface area contributed by atoms with Gasteiger partial charge in [-0.1, -0.05) is 41.9 Å². The monoisotopic (exact) mass is 410 g/mol. The molecule has 1 atom stereocenters. The number of amides is 1. The third-order valence-electron chi connectivity index (χ3n) is 3.89. The second-order valence-corrected chi connectivity index (χ2v) is 8.22. The minimum absolute atomic E-state index is 0.0877. The molecule has 144 valence electrons. The van der Waals surface area contributed by atoms with Gasteiger partial charge >= 0.3 is 5.97 Å². The van der Waals surface area contributed by atoms with Crippen LogP contribution in [0.2, 0.25) is 5.02 Å². The first-order chi connectivity index (χ1) is 12.6. The number of ether oxygens (including phenoxy) is 1. The lowest BCUT2D eigenvalue weighted by molar-refractivity contribution is -0.119. The molecule has 0 aliphatic rings. The molecule has 0 saturated carbocycles. The van der Waals surface area contributed by atoms with Crippen LogP contribution in [0.5, 0.6) is 0 Å². The Hall–Kier alpha value is -2.42. The van der Waals surface area contributed by atoms with Crippen LogP contribution in [0.3, 0.4) is 0 Å². The summed E-state index contributed by atoms with van der Waals surface area (Å²) in [5.41, 5.74) is 0.877. The van der Waals surface area contributed by atoms with Crippen LogP contribution < -0.4 is 5.32 Å². The van der Waals surface area contributed by atoms with Crippen LogP contribution in [-0.2, 0) is 19.6 Å². The lowest BCUT2D eigenvalue weighted by atomic mass is 10.1. The molecular formula is C18H19ClN2O5S. The maximum Gasteiger partial charge on any atom is 0.339 e. The maximum absolute atomic E-state index is 12.9. The Labute approximate surface area is 162 Å². The zero-order valence-electron chi connectivity index (χ0n) is 15.0. The molecule has 2 aromatic rings. The maximum atomic E-state index is 12.9. The Morgan fingerprint density at radius 1 is 1.15 bits per heavy atom. The van der Waals surface area contributed by atoms with Gasteiger partial charge in [-0.05, 0) is 23.8 Å². The fourth-order valence-corrected chi connectivity index (χ4v) is 3.23. The van der Waals surface area contributed by atoms with Gasteiger partial charge in [-0.3, -0.25) is 4.79 Å². The number of halogens is 1. The second kappa shape index (κ2) is 8.51. The van der Waals surface area contributed by atoms with Crippen molar-refractivity contribution in [3.63, 3.8) is 0 Å². The average Bonchev–Trinajstić information content (AvgIpc) is 2.63. The number of nitrogens with one attached hydrogen (secondary N) is 1. The van der Waals surface area contributed by atoms with E-state index >= 15 is 0 Å². The van der Waals surface area contributed by atoms with E-state index in [0.29, 0.717) is 5.56 Å². The van der Waals surface area contributed by atoms with E-state index in [2.05, 4.69) is 10.1 Å². The highest BCUT2D eigenvalue weighted by molar-refractivity contribution is 7.88. The number of hydrogen-bond donors (Lipinski definition) is 1. The summed E-state index contributed by atoms with van der Waals surface area (Å²) in [6.07, 6.45) is 1.02. The summed E-state index contributed by atoms with van der Waals surface area (Å²) in [7, 11) is -1.10. The van der Waals surface area contributed by atoms with Crippen molar-refractivity contribution in [2.24, 2.45) is 0 Å². The van der Waals surface area contributed by atoms with E-state index in [1.165, 1.54) is 32.4 Å². The van der Waals surface area contributed by atoms with Gasteiger partial charge in [-0.15, -0.1) is 0 Å². The van der Waals surface area contributed by atoms with Crippen molar-refractivity contribution >= 4 is 39.2 Å². The molecule has 2 rings (SSSR count). The Morgan fingerprint density at radius 2 is 1.78 bits per heavy atom. The van der Waals surface area contributed by atoms with Gasteiger partial charge in [-0.2, -0.15) is 4.31 Å². The molecule has 9 heteroatoms. The fourth-order valence-electron chi connectivity index (χ4n) is 2.43. The molecule has 1 N–H and O–H groups in total. The summed E-state index contributed by atoms with van der Waals surface area (Å²) < 4.78 is 29.6. The molecule has 7 nitrogen and oxygen atoms in total. The van der Waals surface area contributed by atoms with Crippen molar-refractivity contribution in [2.45, 2.75) is 6.04 Å². The van der Waals surface area contributed by atoms with Crippen LogP contribution in [-0.4, -0.2) is 45.0 Å². The normalized spacial score (nSPS) is 12.5. The number of hydrogen-bond acceptors (Lipinski definition) is 5. The number of benzene rings is 2. The van der Waals surface area contributed by atoms with E-state index in [-0.39, 0.29) is 16.3 Å². The Bertz CT molecular complexity index is 947. The van der Waals surface area contributed by atoms with E-state index in [1.54, 1.807) is 30.3 Å². The van der Waals surface area contributed by atoms with Gasteiger partial charge in [-0.25, -0.2) is 13.2 Å². The van der Waals surface area contributed by atoms with Crippen LogP contribution >= 0.6 is 11.6 Å². The first-order valence-corrected chi connectivity index (χ1v) is 10.0. The van der Waals surface area contributed by atoms with Crippen molar-refractivity contribution in [1.29, 1.82) is 0 Å². The number of rotatable bonds is 6. The van der Waals surface area contributed by atoms with Gasteiger partial charge in [0.15, 0.2) is 0 Å². The molecule has 0 aromatic heterocycles. The third kappa shape index (κ3) is 5.06. The quantitative estimate of drug-likeness (QED) is 0.739. The van der Waals surface area contributed by atoms with Crippen LogP contribution in [0.1, 0.15) is 22.0 Å². The minimum Gasteiger partial charge on any atom is -0.465 e. The lowest BCUT2D eigenvalue weighted by Gasteiger charge is -2.25. The highest BCUT2D eigenvalue weighted by Gasteiger charge is 2.31. The Balaban J connectivity index is 2.38. The molecule has 0 saturated heterocycles. The third-order valence-corrected chi connectivity index (χ3v) is 5.48. The van der Waals surface area contributed by atoms with Crippen LogP contribution in [0, 0.1) is 0 Å². The van der Waals surface area contributed by atoms with E-state index in [1.807, 2.05) is 0 Å². The summed E-state index contributed by atoms with van der Waals surface area (Å²) in [4.78, 5) is 24.6. The fraction of sp³-hybridized carbons (Fsp3) is 0.222. The molecule has 0 radical (unpaired) electrons. The molecule has 0 aliphatic heterocycles. The zero-order chi connectivity index (χ0) is 20.2. The van der Waals surface area contributed by atoms with Gasteiger partial charge in [0.05, 0.1) is 24.0 Å². The van der Waals surface area contributed by atoms with E-state index in [9.17, 15) is 18.0 Å². The number of likely N-dealkylation sites (N-methyl/N-ethyl adjacent to an activating group) is 1. The molecule has 0 aliphatic carbocycles. The van der Waals surface area contributed by atoms with Gasteiger partial charge in [0, 0.05) is 12.7 Å². The number of sulfonamides is 1. The second-order valence-electron chi connectivity index (χ2n) is 5.77. The molecule has 27 heavy (non-hydrogen) atoms. The highest BCUT2D eigenvalue weighted by atomic mass is 35.5. The smallest absolute Gasteiger partial charge is 0.339 e.